The van der Waals surface area contributed by atoms with E-state index in [9.17, 15) is 4.79 Å². The molecule has 3 rings (SSSR count). The van der Waals surface area contributed by atoms with Crippen LogP contribution in [0.25, 0.3) is 0 Å². The fourth-order valence-electron chi connectivity index (χ4n) is 2.89. The van der Waals surface area contributed by atoms with Crippen molar-refractivity contribution in [1.82, 2.24) is 20.2 Å². The molecule has 2 aliphatic rings. The standard InChI is InChI=1S/C14H22N4OS/c19-14(16-10-12-3-1-2-8-20-12)17-11-4-6-18-7-5-15-13(18)9-11/h5,7,11-12H,1-4,6,8-10H2,(H2,16,17,19). The Morgan fingerprint density at radius 1 is 1.45 bits per heavy atom. The molecule has 0 saturated carbocycles. The molecule has 6 heteroatoms. The molecule has 1 saturated heterocycles. The molecule has 1 aromatic rings. The van der Waals surface area contributed by atoms with E-state index in [1.54, 1.807) is 0 Å². The van der Waals surface area contributed by atoms with E-state index in [2.05, 4.69) is 20.2 Å². The minimum absolute atomic E-state index is 0.0267. The molecule has 5 nitrogen and oxygen atoms in total. The van der Waals surface area contributed by atoms with E-state index < -0.39 is 0 Å². The monoisotopic (exact) mass is 294 g/mol. The number of rotatable bonds is 3. The van der Waals surface area contributed by atoms with Crippen molar-refractivity contribution < 1.29 is 4.79 Å². The summed E-state index contributed by atoms with van der Waals surface area (Å²) in [5, 5.41) is 6.69. The maximum atomic E-state index is 11.9. The Morgan fingerprint density at radius 3 is 3.25 bits per heavy atom. The van der Waals surface area contributed by atoms with Gasteiger partial charge in [0.1, 0.15) is 5.82 Å². The molecule has 0 spiro atoms. The van der Waals surface area contributed by atoms with Crippen molar-refractivity contribution in [2.24, 2.45) is 0 Å². The van der Waals surface area contributed by atoms with Gasteiger partial charge < -0.3 is 15.2 Å². The van der Waals surface area contributed by atoms with Gasteiger partial charge in [-0.2, -0.15) is 11.8 Å². The first kappa shape index (κ1) is 13.8. The van der Waals surface area contributed by atoms with Gasteiger partial charge in [-0.1, -0.05) is 6.42 Å². The third-order valence-electron chi connectivity index (χ3n) is 4.05. The quantitative estimate of drug-likeness (QED) is 0.893. The van der Waals surface area contributed by atoms with Gasteiger partial charge in [-0.25, -0.2) is 9.78 Å². The van der Waals surface area contributed by atoms with Gasteiger partial charge in [-0.15, -0.1) is 0 Å². The zero-order chi connectivity index (χ0) is 13.8. The van der Waals surface area contributed by atoms with Crippen LogP contribution in [0.2, 0.25) is 0 Å². The van der Waals surface area contributed by atoms with E-state index in [1.807, 2.05) is 24.2 Å². The van der Waals surface area contributed by atoms with Gasteiger partial charge >= 0.3 is 6.03 Å². The SMILES string of the molecule is O=C(NCC1CCCCS1)NC1CCn2ccnc2C1. The Balaban J connectivity index is 1.41. The maximum Gasteiger partial charge on any atom is 0.315 e. The zero-order valence-electron chi connectivity index (χ0n) is 11.7. The van der Waals surface area contributed by atoms with Crippen LogP contribution in [0.3, 0.4) is 0 Å². The first-order chi connectivity index (χ1) is 9.81. The lowest BCUT2D eigenvalue weighted by atomic mass is 10.1. The Kier molecular flexibility index (Phi) is 4.50. The highest BCUT2D eigenvalue weighted by molar-refractivity contribution is 7.99. The third kappa shape index (κ3) is 3.48. The first-order valence-corrected chi connectivity index (χ1v) is 8.52. The van der Waals surface area contributed by atoms with Crippen molar-refractivity contribution in [1.29, 1.82) is 0 Å². The van der Waals surface area contributed by atoms with E-state index >= 15 is 0 Å². The summed E-state index contributed by atoms with van der Waals surface area (Å²) in [6, 6.07) is 0.185. The summed E-state index contributed by atoms with van der Waals surface area (Å²) < 4.78 is 2.16. The fraction of sp³-hybridized carbons (Fsp3) is 0.714. The van der Waals surface area contributed by atoms with Crippen molar-refractivity contribution in [3.05, 3.63) is 18.2 Å². The molecule has 2 unspecified atom stereocenters. The number of aromatic nitrogens is 2. The summed E-state index contributed by atoms with van der Waals surface area (Å²) in [5.74, 6) is 2.31. The summed E-state index contributed by atoms with van der Waals surface area (Å²) in [6.07, 6.45) is 9.50. The molecule has 2 aliphatic heterocycles. The molecular weight excluding hydrogens is 272 g/mol. The van der Waals surface area contributed by atoms with Crippen LogP contribution in [0, 0.1) is 0 Å². The van der Waals surface area contributed by atoms with E-state index in [0.717, 1.165) is 31.8 Å². The summed E-state index contributed by atoms with van der Waals surface area (Å²) >= 11 is 1.99. The fourth-order valence-corrected chi connectivity index (χ4v) is 4.12. The third-order valence-corrected chi connectivity index (χ3v) is 5.45. The number of carbonyl (C=O) groups is 1. The summed E-state index contributed by atoms with van der Waals surface area (Å²) in [7, 11) is 0. The second-order valence-corrected chi connectivity index (χ2v) is 6.98. The van der Waals surface area contributed by atoms with Crippen molar-refractivity contribution in [3.63, 3.8) is 0 Å². The number of urea groups is 1. The maximum absolute atomic E-state index is 11.9. The Bertz CT molecular complexity index is 456. The van der Waals surface area contributed by atoms with Gasteiger partial charge in [-0.05, 0) is 25.0 Å². The molecular formula is C14H22N4OS. The number of hydrogen-bond donors (Lipinski definition) is 2. The number of amides is 2. The topological polar surface area (TPSA) is 59.0 Å². The van der Waals surface area contributed by atoms with E-state index in [0.29, 0.717) is 5.25 Å². The molecule has 20 heavy (non-hydrogen) atoms. The number of imidazole rings is 1. The van der Waals surface area contributed by atoms with Crippen LogP contribution in [-0.2, 0) is 13.0 Å². The molecule has 1 fully saturated rings. The molecule has 110 valence electrons. The van der Waals surface area contributed by atoms with Crippen LogP contribution >= 0.6 is 11.8 Å². The van der Waals surface area contributed by atoms with Gasteiger partial charge in [0.2, 0.25) is 0 Å². The minimum atomic E-state index is -0.0267. The van der Waals surface area contributed by atoms with Crippen LogP contribution in [0.4, 0.5) is 4.79 Å². The summed E-state index contributed by atoms with van der Waals surface area (Å²) in [4.78, 5) is 16.3. The number of fused-ring (bicyclic) bond motifs is 1. The predicted octanol–water partition coefficient (Wildman–Crippen LogP) is 1.78. The van der Waals surface area contributed by atoms with Gasteiger partial charge in [0.25, 0.3) is 0 Å². The molecule has 2 N–H and O–H groups in total. The normalized spacial score (nSPS) is 25.8. The predicted molar refractivity (Wildman–Crippen MR) is 81.0 cm³/mol. The van der Waals surface area contributed by atoms with E-state index in [-0.39, 0.29) is 12.1 Å². The van der Waals surface area contributed by atoms with E-state index in [4.69, 9.17) is 0 Å². The van der Waals surface area contributed by atoms with Crippen LogP contribution in [0.1, 0.15) is 31.5 Å². The van der Waals surface area contributed by atoms with Gasteiger partial charge in [-0.3, -0.25) is 0 Å². The largest absolute Gasteiger partial charge is 0.337 e. The van der Waals surface area contributed by atoms with Crippen LogP contribution in [0.15, 0.2) is 12.4 Å². The number of hydrogen-bond acceptors (Lipinski definition) is 3. The highest BCUT2D eigenvalue weighted by atomic mass is 32.2. The van der Waals surface area contributed by atoms with Crippen molar-refractivity contribution >= 4 is 17.8 Å². The van der Waals surface area contributed by atoms with E-state index in [1.165, 1.54) is 25.0 Å². The lowest BCUT2D eigenvalue weighted by Crippen LogP contribution is -2.46. The molecule has 2 amide bonds. The summed E-state index contributed by atoms with van der Waals surface area (Å²) in [6.45, 7) is 1.73. The molecule has 3 heterocycles. The molecule has 0 aromatic carbocycles. The van der Waals surface area contributed by atoms with Gasteiger partial charge in [0.15, 0.2) is 0 Å². The molecule has 0 radical (unpaired) electrons. The van der Waals surface area contributed by atoms with Crippen LogP contribution < -0.4 is 10.6 Å². The highest BCUT2D eigenvalue weighted by Gasteiger charge is 2.21. The Labute approximate surface area is 123 Å². The van der Waals surface area contributed by atoms with Gasteiger partial charge in [0, 0.05) is 43.2 Å². The molecule has 2 atom stereocenters. The Hall–Kier alpha value is -1.17. The zero-order valence-corrected chi connectivity index (χ0v) is 12.5. The second kappa shape index (κ2) is 6.52. The second-order valence-electron chi connectivity index (χ2n) is 5.57. The van der Waals surface area contributed by atoms with Crippen LogP contribution in [0.5, 0.6) is 0 Å². The number of nitrogens with one attached hydrogen (secondary N) is 2. The lowest BCUT2D eigenvalue weighted by molar-refractivity contribution is 0.234. The highest BCUT2D eigenvalue weighted by Crippen LogP contribution is 2.24. The number of nitrogens with zero attached hydrogens (tertiary/aromatic N) is 2. The lowest BCUT2D eigenvalue weighted by Gasteiger charge is -2.25. The number of carbonyl (C=O) groups excluding carboxylic acids is 1. The van der Waals surface area contributed by atoms with Crippen LogP contribution in [-0.4, -0.2) is 39.2 Å². The minimum Gasteiger partial charge on any atom is -0.337 e. The molecule has 1 aromatic heterocycles. The Morgan fingerprint density at radius 2 is 2.40 bits per heavy atom. The molecule has 0 bridgehead atoms. The van der Waals surface area contributed by atoms with Crippen molar-refractivity contribution in [3.8, 4) is 0 Å². The molecule has 0 aliphatic carbocycles. The summed E-state index contributed by atoms with van der Waals surface area (Å²) in [5.41, 5.74) is 0. The number of thioether (sulfide) groups is 1. The average Bonchev–Trinajstić information content (AvgIpc) is 2.94. The average molecular weight is 294 g/mol. The van der Waals surface area contributed by atoms with Gasteiger partial charge in [0.05, 0.1) is 0 Å². The number of aryl methyl sites for hydroxylation is 1. The first-order valence-electron chi connectivity index (χ1n) is 7.47. The van der Waals surface area contributed by atoms with Crippen molar-refractivity contribution in [2.45, 2.75) is 49.9 Å². The van der Waals surface area contributed by atoms with Crippen molar-refractivity contribution in [2.75, 3.05) is 12.3 Å². The smallest absolute Gasteiger partial charge is 0.315 e.